The van der Waals surface area contributed by atoms with Crippen LogP contribution in [0.4, 0.5) is 5.82 Å². The Labute approximate surface area is 108 Å². The van der Waals surface area contributed by atoms with Crippen LogP contribution in [0.5, 0.6) is 0 Å². The van der Waals surface area contributed by atoms with Crippen molar-refractivity contribution in [3.05, 3.63) is 17.6 Å². The Morgan fingerprint density at radius 3 is 2.94 bits per heavy atom. The summed E-state index contributed by atoms with van der Waals surface area (Å²) in [6, 6.07) is 0.378. The lowest BCUT2D eigenvalue weighted by Gasteiger charge is -2.31. The molecule has 1 heterocycles. The SMILES string of the molecule is OC[C@H]1CCCC[C@H]1Nc1ncnc2c1CCC2. The van der Waals surface area contributed by atoms with Gasteiger partial charge in [0, 0.05) is 29.8 Å². The van der Waals surface area contributed by atoms with E-state index in [2.05, 4.69) is 15.3 Å². The zero-order chi connectivity index (χ0) is 12.4. The van der Waals surface area contributed by atoms with Crippen LogP contribution in [0.15, 0.2) is 6.33 Å². The number of hydrogen-bond acceptors (Lipinski definition) is 4. The van der Waals surface area contributed by atoms with Crippen LogP contribution >= 0.6 is 0 Å². The molecule has 18 heavy (non-hydrogen) atoms. The lowest BCUT2D eigenvalue weighted by atomic mass is 9.85. The van der Waals surface area contributed by atoms with Crippen LogP contribution in [0.1, 0.15) is 43.4 Å². The van der Waals surface area contributed by atoms with Crippen molar-refractivity contribution in [2.24, 2.45) is 5.92 Å². The number of hydrogen-bond donors (Lipinski definition) is 2. The van der Waals surface area contributed by atoms with Gasteiger partial charge >= 0.3 is 0 Å². The zero-order valence-electron chi connectivity index (χ0n) is 10.7. The summed E-state index contributed by atoms with van der Waals surface area (Å²) in [5, 5.41) is 13.0. The molecule has 0 unspecified atom stereocenters. The highest BCUT2D eigenvalue weighted by molar-refractivity contribution is 5.48. The number of anilines is 1. The zero-order valence-corrected chi connectivity index (χ0v) is 10.7. The minimum absolute atomic E-state index is 0.283. The van der Waals surface area contributed by atoms with E-state index in [9.17, 15) is 5.11 Å². The van der Waals surface area contributed by atoms with Gasteiger partial charge in [0.2, 0.25) is 0 Å². The summed E-state index contributed by atoms with van der Waals surface area (Å²) >= 11 is 0. The molecule has 1 aromatic rings. The number of rotatable bonds is 3. The van der Waals surface area contributed by atoms with Crippen molar-refractivity contribution in [1.82, 2.24) is 9.97 Å². The highest BCUT2D eigenvalue weighted by Gasteiger charge is 2.26. The predicted octanol–water partition coefficient (Wildman–Crippen LogP) is 1.93. The van der Waals surface area contributed by atoms with Crippen LogP contribution in [0.25, 0.3) is 0 Å². The fourth-order valence-corrected chi connectivity index (χ4v) is 3.28. The summed E-state index contributed by atoms with van der Waals surface area (Å²) < 4.78 is 0. The van der Waals surface area contributed by atoms with Gasteiger partial charge in [0.25, 0.3) is 0 Å². The van der Waals surface area contributed by atoms with Crippen LogP contribution in [0.3, 0.4) is 0 Å². The third kappa shape index (κ3) is 2.21. The highest BCUT2D eigenvalue weighted by Crippen LogP contribution is 2.30. The number of nitrogens with one attached hydrogen (secondary N) is 1. The van der Waals surface area contributed by atoms with Crippen molar-refractivity contribution in [2.75, 3.05) is 11.9 Å². The van der Waals surface area contributed by atoms with Gasteiger partial charge in [-0.1, -0.05) is 12.8 Å². The predicted molar refractivity (Wildman–Crippen MR) is 70.5 cm³/mol. The Kier molecular flexibility index (Phi) is 3.46. The van der Waals surface area contributed by atoms with Crippen molar-refractivity contribution in [1.29, 1.82) is 0 Å². The van der Waals surface area contributed by atoms with E-state index in [1.165, 1.54) is 30.5 Å². The van der Waals surface area contributed by atoms with Gasteiger partial charge in [0.15, 0.2) is 0 Å². The molecule has 2 aliphatic rings. The van der Waals surface area contributed by atoms with Gasteiger partial charge in [-0.15, -0.1) is 0 Å². The van der Waals surface area contributed by atoms with E-state index in [4.69, 9.17) is 0 Å². The van der Waals surface area contributed by atoms with Crippen molar-refractivity contribution < 1.29 is 5.11 Å². The second kappa shape index (κ2) is 5.22. The average molecular weight is 247 g/mol. The summed E-state index contributed by atoms with van der Waals surface area (Å²) in [6.45, 7) is 0.283. The van der Waals surface area contributed by atoms with Gasteiger partial charge in [-0.05, 0) is 32.1 Å². The van der Waals surface area contributed by atoms with Crippen molar-refractivity contribution in [2.45, 2.75) is 51.0 Å². The minimum Gasteiger partial charge on any atom is -0.396 e. The molecule has 98 valence electrons. The van der Waals surface area contributed by atoms with Crippen molar-refractivity contribution in [3.63, 3.8) is 0 Å². The molecule has 2 N–H and O–H groups in total. The van der Waals surface area contributed by atoms with E-state index in [0.717, 1.165) is 31.5 Å². The first-order valence-corrected chi connectivity index (χ1v) is 7.08. The molecule has 0 bridgehead atoms. The number of nitrogens with zero attached hydrogens (tertiary/aromatic N) is 2. The van der Waals surface area contributed by atoms with Gasteiger partial charge < -0.3 is 10.4 Å². The molecule has 1 aromatic heterocycles. The lowest BCUT2D eigenvalue weighted by molar-refractivity contribution is 0.178. The van der Waals surface area contributed by atoms with Crippen LogP contribution < -0.4 is 5.32 Å². The average Bonchev–Trinajstić information content (AvgIpc) is 2.89. The summed E-state index contributed by atoms with van der Waals surface area (Å²) in [4.78, 5) is 8.76. The van der Waals surface area contributed by atoms with E-state index in [1.807, 2.05) is 0 Å². The minimum atomic E-state index is 0.283. The maximum Gasteiger partial charge on any atom is 0.133 e. The number of aliphatic hydroxyl groups is 1. The number of aromatic nitrogens is 2. The highest BCUT2D eigenvalue weighted by atomic mass is 16.3. The second-order valence-electron chi connectivity index (χ2n) is 5.48. The normalized spacial score (nSPS) is 26.9. The lowest BCUT2D eigenvalue weighted by Crippen LogP contribution is -2.35. The summed E-state index contributed by atoms with van der Waals surface area (Å²) in [5.74, 6) is 1.40. The fraction of sp³-hybridized carbons (Fsp3) is 0.714. The number of aliphatic hydroxyl groups excluding tert-OH is 1. The smallest absolute Gasteiger partial charge is 0.133 e. The second-order valence-corrected chi connectivity index (χ2v) is 5.48. The summed E-state index contributed by atoms with van der Waals surface area (Å²) in [6.07, 6.45) is 9.80. The maximum absolute atomic E-state index is 9.46. The Morgan fingerprint density at radius 1 is 1.17 bits per heavy atom. The first-order chi connectivity index (χ1) is 8.88. The molecular formula is C14H21N3O. The van der Waals surface area contributed by atoms with E-state index in [-0.39, 0.29) is 6.61 Å². The molecule has 3 rings (SSSR count). The molecule has 2 atom stereocenters. The number of aryl methyl sites for hydroxylation is 1. The van der Waals surface area contributed by atoms with E-state index in [1.54, 1.807) is 6.33 Å². The van der Waals surface area contributed by atoms with Crippen LogP contribution in [0, 0.1) is 5.92 Å². The Hall–Kier alpha value is -1.16. The van der Waals surface area contributed by atoms with Crippen LogP contribution in [0.2, 0.25) is 0 Å². The van der Waals surface area contributed by atoms with Crippen molar-refractivity contribution >= 4 is 5.82 Å². The van der Waals surface area contributed by atoms with Gasteiger partial charge in [-0.25, -0.2) is 9.97 Å². The van der Waals surface area contributed by atoms with E-state index < -0.39 is 0 Å². The fourth-order valence-electron chi connectivity index (χ4n) is 3.28. The molecule has 1 saturated carbocycles. The topological polar surface area (TPSA) is 58.0 Å². The van der Waals surface area contributed by atoms with E-state index >= 15 is 0 Å². The third-order valence-electron chi connectivity index (χ3n) is 4.34. The molecule has 0 amide bonds. The largest absolute Gasteiger partial charge is 0.396 e. The van der Waals surface area contributed by atoms with Crippen molar-refractivity contribution in [3.8, 4) is 0 Å². The molecule has 0 saturated heterocycles. The Bertz CT molecular complexity index is 422. The van der Waals surface area contributed by atoms with E-state index in [0.29, 0.717) is 12.0 Å². The molecule has 4 heteroatoms. The Balaban J connectivity index is 1.77. The number of fused-ring (bicyclic) bond motifs is 1. The van der Waals surface area contributed by atoms with Gasteiger partial charge in [-0.2, -0.15) is 0 Å². The third-order valence-corrected chi connectivity index (χ3v) is 4.34. The molecule has 0 radical (unpaired) electrons. The first-order valence-electron chi connectivity index (χ1n) is 7.08. The monoisotopic (exact) mass is 247 g/mol. The molecule has 1 fully saturated rings. The molecule has 0 aromatic carbocycles. The quantitative estimate of drug-likeness (QED) is 0.857. The molecule has 0 aliphatic heterocycles. The van der Waals surface area contributed by atoms with Gasteiger partial charge in [-0.3, -0.25) is 0 Å². The molecule has 4 nitrogen and oxygen atoms in total. The summed E-state index contributed by atoms with van der Waals surface area (Å²) in [5.41, 5.74) is 2.52. The molecule has 2 aliphatic carbocycles. The standard InChI is InChI=1S/C14H21N3O/c18-8-10-4-1-2-6-12(10)17-14-11-5-3-7-13(11)15-9-16-14/h9-10,12,18H,1-8H2,(H,15,16,17)/t10-,12-/m1/s1. The maximum atomic E-state index is 9.46. The van der Waals surface area contributed by atoms with Crippen LogP contribution in [-0.2, 0) is 12.8 Å². The Morgan fingerprint density at radius 2 is 2.06 bits per heavy atom. The first kappa shape index (κ1) is 11.9. The van der Waals surface area contributed by atoms with Crippen LogP contribution in [-0.4, -0.2) is 27.7 Å². The van der Waals surface area contributed by atoms with Gasteiger partial charge in [0.1, 0.15) is 12.1 Å². The molecule has 0 spiro atoms. The summed E-state index contributed by atoms with van der Waals surface area (Å²) in [7, 11) is 0. The van der Waals surface area contributed by atoms with Gasteiger partial charge in [0.05, 0.1) is 0 Å². The molecular weight excluding hydrogens is 226 g/mol.